The summed E-state index contributed by atoms with van der Waals surface area (Å²) in [7, 11) is 1.80. The number of hydrogen-bond acceptors (Lipinski definition) is 3. The van der Waals surface area contributed by atoms with Crippen molar-refractivity contribution in [3.05, 3.63) is 48.0 Å². The zero-order valence-electron chi connectivity index (χ0n) is 11.9. The van der Waals surface area contributed by atoms with Crippen LogP contribution in [0.4, 0.5) is 5.69 Å². The number of amides is 2. The van der Waals surface area contributed by atoms with Gasteiger partial charge in [-0.15, -0.1) is 0 Å². The minimum atomic E-state index is -0.549. The van der Waals surface area contributed by atoms with Crippen molar-refractivity contribution in [3.8, 4) is 0 Å². The predicted octanol–water partition coefficient (Wildman–Crippen LogP) is 1.40. The number of rotatable bonds is 1. The molecule has 1 N–H and O–H groups in total. The van der Waals surface area contributed by atoms with Crippen LogP contribution in [0.1, 0.15) is 23.0 Å². The lowest BCUT2D eigenvalue weighted by molar-refractivity contribution is -0.120. The fourth-order valence-electron chi connectivity index (χ4n) is 2.40. The second-order valence-electron chi connectivity index (χ2n) is 5.18. The highest BCUT2D eigenvalue weighted by molar-refractivity contribution is 6.01. The van der Waals surface area contributed by atoms with Gasteiger partial charge in [-0.3, -0.25) is 9.59 Å². The Balaban J connectivity index is 1.97. The Hall–Kier alpha value is -2.63. The number of anilines is 1. The molecule has 0 fully saturated rings. The van der Waals surface area contributed by atoms with Crippen LogP contribution in [0.5, 0.6) is 0 Å². The van der Waals surface area contributed by atoms with Crippen LogP contribution >= 0.6 is 0 Å². The molecule has 108 valence electrons. The minimum absolute atomic E-state index is 0.191. The van der Waals surface area contributed by atoms with Crippen molar-refractivity contribution in [1.29, 1.82) is 0 Å². The van der Waals surface area contributed by atoms with Crippen LogP contribution < -0.4 is 5.32 Å². The lowest BCUT2D eigenvalue weighted by atomic mass is 10.1. The molecule has 3 rings (SSSR count). The molecule has 21 heavy (non-hydrogen) atoms. The lowest BCUT2D eigenvalue weighted by Crippen LogP contribution is -2.43. The first-order valence-electron chi connectivity index (χ1n) is 6.74. The van der Waals surface area contributed by atoms with Gasteiger partial charge < -0.3 is 14.8 Å². The van der Waals surface area contributed by atoms with Crippen LogP contribution in [-0.4, -0.2) is 32.3 Å². The maximum absolute atomic E-state index is 12.6. The van der Waals surface area contributed by atoms with E-state index in [2.05, 4.69) is 10.3 Å². The number of aromatic nitrogens is 2. The molecule has 1 atom stereocenters. The highest BCUT2D eigenvalue weighted by atomic mass is 16.2. The van der Waals surface area contributed by atoms with Gasteiger partial charge in [-0.25, -0.2) is 4.98 Å². The number of fused-ring (bicyclic) bond motifs is 1. The van der Waals surface area contributed by atoms with Gasteiger partial charge in [0.25, 0.3) is 5.91 Å². The molecule has 1 aromatic carbocycles. The zero-order chi connectivity index (χ0) is 15.0. The van der Waals surface area contributed by atoms with Crippen molar-refractivity contribution in [2.45, 2.75) is 19.5 Å². The van der Waals surface area contributed by atoms with Gasteiger partial charge >= 0.3 is 0 Å². The number of carbonyl (C=O) groups excluding carboxylic acids is 2. The van der Waals surface area contributed by atoms with E-state index in [1.54, 1.807) is 36.0 Å². The van der Waals surface area contributed by atoms with Crippen LogP contribution in [-0.2, 0) is 18.4 Å². The van der Waals surface area contributed by atoms with E-state index in [1.807, 2.05) is 24.3 Å². The van der Waals surface area contributed by atoms with Crippen LogP contribution in [0.2, 0.25) is 0 Å². The molecule has 2 aromatic rings. The maximum atomic E-state index is 12.6. The summed E-state index contributed by atoms with van der Waals surface area (Å²) < 4.78 is 1.71. The van der Waals surface area contributed by atoms with E-state index in [0.717, 1.165) is 11.3 Å². The van der Waals surface area contributed by atoms with E-state index in [9.17, 15) is 9.59 Å². The van der Waals surface area contributed by atoms with Crippen molar-refractivity contribution in [2.75, 3.05) is 5.32 Å². The third-order valence-electron chi connectivity index (χ3n) is 3.65. The van der Waals surface area contributed by atoms with E-state index < -0.39 is 6.04 Å². The second-order valence-corrected chi connectivity index (χ2v) is 5.18. The van der Waals surface area contributed by atoms with Crippen molar-refractivity contribution >= 4 is 17.5 Å². The normalized spacial score (nSPS) is 17.9. The number of hydrogen-bond donors (Lipinski definition) is 1. The molecule has 2 amide bonds. The van der Waals surface area contributed by atoms with E-state index in [-0.39, 0.29) is 11.8 Å². The number of nitrogens with one attached hydrogen (secondary N) is 1. The summed E-state index contributed by atoms with van der Waals surface area (Å²) in [5, 5.41) is 2.86. The van der Waals surface area contributed by atoms with Gasteiger partial charge in [-0.2, -0.15) is 0 Å². The quantitative estimate of drug-likeness (QED) is 0.860. The predicted molar refractivity (Wildman–Crippen MR) is 77.6 cm³/mol. The molecular weight excluding hydrogens is 268 g/mol. The number of para-hydroxylation sites is 1. The molecule has 2 heterocycles. The van der Waals surface area contributed by atoms with Crippen molar-refractivity contribution in [2.24, 2.45) is 7.05 Å². The summed E-state index contributed by atoms with van der Waals surface area (Å²) in [5.41, 5.74) is 2.02. The Morgan fingerprint density at radius 2 is 2.14 bits per heavy atom. The average Bonchev–Trinajstić information content (AvgIpc) is 2.86. The highest BCUT2D eigenvalue weighted by Crippen LogP contribution is 2.23. The second kappa shape index (κ2) is 5.05. The monoisotopic (exact) mass is 284 g/mol. The fourth-order valence-corrected chi connectivity index (χ4v) is 2.40. The molecule has 0 spiro atoms. The topological polar surface area (TPSA) is 67.2 Å². The number of aryl methyl sites for hydroxylation is 1. The first kappa shape index (κ1) is 13.4. The standard InChI is InChI=1S/C15H16N4O2/c1-10-14(20)17-12-6-4-3-5-11(12)7-19(10)15(21)13-8-18(2)9-16-13/h3-6,8-10H,7H2,1-2H3,(H,17,20). The number of nitrogens with zero attached hydrogens (tertiary/aromatic N) is 3. The van der Waals surface area contributed by atoms with Gasteiger partial charge in [0.05, 0.1) is 6.33 Å². The first-order valence-corrected chi connectivity index (χ1v) is 6.74. The van der Waals surface area contributed by atoms with Crippen molar-refractivity contribution in [3.63, 3.8) is 0 Å². The Morgan fingerprint density at radius 3 is 2.86 bits per heavy atom. The number of imidazole rings is 1. The molecular formula is C15H16N4O2. The van der Waals surface area contributed by atoms with Gasteiger partial charge in [0.2, 0.25) is 5.91 Å². The molecule has 0 bridgehead atoms. The molecule has 1 aliphatic heterocycles. The lowest BCUT2D eigenvalue weighted by Gasteiger charge is -2.24. The Kier molecular flexibility index (Phi) is 3.21. The van der Waals surface area contributed by atoms with Crippen LogP contribution in [0.25, 0.3) is 0 Å². The van der Waals surface area contributed by atoms with Crippen LogP contribution in [0, 0.1) is 0 Å². The van der Waals surface area contributed by atoms with Crippen LogP contribution in [0.3, 0.4) is 0 Å². The molecule has 6 nitrogen and oxygen atoms in total. The SMILES string of the molecule is CC1C(=O)Nc2ccccc2CN1C(=O)c1cn(C)cn1. The van der Waals surface area contributed by atoms with Gasteiger partial charge in [-0.05, 0) is 18.6 Å². The third kappa shape index (κ3) is 2.40. The smallest absolute Gasteiger partial charge is 0.275 e. The summed E-state index contributed by atoms with van der Waals surface area (Å²) >= 11 is 0. The van der Waals surface area contributed by atoms with E-state index in [0.29, 0.717) is 12.2 Å². The maximum Gasteiger partial charge on any atom is 0.275 e. The van der Waals surface area contributed by atoms with Crippen molar-refractivity contribution < 1.29 is 9.59 Å². The zero-order valence-corrected chi connectivity index (χ0v) is 11.9. The average molecular weight is 284 g/mol. The van der Waals surface area contributed by atoms with Gasteiger partial charge in [0.1, 0.15) is 11.7 Å². The number of carbonyl (C=O) groups is 2. The summed E-state index contributed by atoms with van der Waals surface area (Å²) in [6, 6.07) is 6.96. The number of benzene rings is 1. The Bertz CT molecular complexity index is 707. The summed E-state index contributed by atoms with van der Waals surface area (Å²) in [6.45, 7) is 2.10. The highest BCUT2D eigenvalue weighted by Gasteiger charge is 2.31. The largest absolute Gasteiger partial charge is 0.340 e. The fraction of sp³-hybridized carbons (Fsp3) is 0.267. The molecule has 1 aromatic heterocycles. The summed E-state index contributed by atoms with van der Waals surface area (Å²) in [5.74, 6) is -0.431. The molecule has 6 heteroatoms. The third-order valence-corrected chi connectivity index (χ3v) is 3.65. The molecule has 0 aliphatic carbocycles. The van der Waals surface area contributed by atoms with Gasteiger partial charge in [0, 0.05) is 25.5 Å². The Labute approximate surface area is 122 Å². The summed E-state index contributed by atoms with van der Waals surface area (Å²) in [4.78, 5) is 30.4. The molecule has 0 saturated carbocycles. The van der Waals surface area contributed by atoms with E-state index in [1.165, 1.54) is 0 Å². The molecule has 1 unspecified atom stereocenters. The first-order chi connectivity index (χ1) is 10.1. The van der Waals surface area contributed by atoms with E-state index >= 15 is 0 Å². The van der Waals surface area contributed by atoms with Crippen LogP contribution in [0.15, 0.2) is 36.8 Å². The molecule has 1 aliphatic rings. The minimum Gasteiger partial charge on any atom is -0.340 e. The Morgan fingerprint density at radius 1 is 1.38 bits per heavy atom. The van der Waals surface area contributed by atoms with E-state index in [4.69, 9.17) is 0 Å². The van der Waals surface area contributed by atoms with Crippen molar-refractivity contribution in [1.82, 2.24) is 14.5 Å². The van der Waals surface area contributed by atoms with Gasteiger partial charge in [0.15, 0.2) is 0 Å². The molecule has 0 saturated heterocycles. The summed E-state index contributed by atoms with van der Waals surface area (Å²) in [6.07, 6.45) is 3.23. The van der Waals surface area contributed by atoms with Gasteiger partial charge in [-0.1, -0.05) is 18.2 Å². The molecule has 0 radical (unpaired) electrons.